The van der Waals surface area contributed by atoms with Crippen LogP contribution in [0.3, 0.4) is 0 Å². The van der Waals surface area contributed by atoms with Gasteiger partial charge in [0.25, 0.3) is 0 Å². The number of rotatable bonds is 4. The fourth-order valence-corrected chi connectivity index (χ4v) is 1.92. The first-order valence-electron chi connectivity index (χ1n) is 5.43. The molecule has 0 spiro atoms. The minimum absolute atomic E-state index is 0.0336. The molecule has 0 aliphatic rings. The van der Waals surface area contributed by atoms with Crippen molar-refractivity contribution < 1.29 is 17.6 Å². The molecular weight excluding hydrogens is 270 g/mol. The maximum absolute atomic E-state index is 13.8. The summed E-state index contributed by atoms with van der Waals surface area (Å²) in [6.45, 7) is 1.96. The van der Waals surface area contributed by atoms with Crippen LogP contribution in [0.25, 0.3) is 0 Å². The Hall–Kier alpha value is -0.970. The van der Waals surface area contributed by atoms with Crippen LogP contribution >= 0.6 is 11.6 Å². The van der Waals surface area contributed by atoms with Gasteiger partial charge in [0.1, 0.15) is 12.4 Å². The fraction of sp³-hybridized carbons (Fsp3) is 0.500. The van der Waals surface area contributed by atoms with Crippen molar-refractivity contribution in [3.63, 3.8) is 0 Å². The Bertz CT molecular complexity index is 404. The van der Waals surface area contributed by atoms with Crippen molar-refractivity contribution in [3.05, 3.63) is 29.6 Å². The van der Waals surface area contributed by atoms with E-state index in [0.717, 1.165) is 11.0 Å². The summed E-state index contributed by atoms with van der Waals surface area (Å²) >= 11 is 5.65. The second kappa shape index (κ2) is 5.78. The highest BCUT2D eigenvalue weighted by molar-refractivity contribution is 6.17. The van der Waals surface area contributed by atoms with Crippen LogP contribution in [0.15, 0.2) is 18.2 Å². The molecule has 0 aliphatic carbocycles. The summed E-state index contributed by atoms with van der Waals surface area (Å²) in [5.74, 6) is -0.722. The van der Waals surface area contributed by atoms with E-state index < -0.39 is 24.6 Å². The van der Waals surface area contributed by atoms with E-state index in [2.05, 4.69) is 0 Å². The van der Waals surface area contributed by atoms with Crippen molar-refractivity contribution in [1.29, 1.82) is 0 Å². The molecule has 0 aliphatic heterocycles. The Labute approximate surface area is 108 Å². The van der Waals surface area contributed by atoms with E-state index in [1.54, 1.807) is 13.8 Å². The van der Waals surface area contributed by atoms with E-state index in [9.17, 15) is 17.6 Å². The lowest BCUT2D eigenvalue weighted by Crippen LogP contribution is -2.40. The second-order valence-electron chi connectivity index (χ2n) is 4.22. The molecule has 1 rings (SSSR count). The molecule has 0 bridgehead atoms. The standard InChI is InChI=1S/C12H14ClF4N/c1-8(2)18(7-12(15,16)17)11-9(6-13)4-3-5-10(11)14/h3-5,8H,6-7H2,1-2H3. The molecule has 1 aromatic carbocycles. The number of para-hydroxylation sites is 1. The molecule has 0 N–H and O–H groups in total. The summed E-state index contributed by atoms with van der Waals surface area (Å²) in [6, 6.07) is 3.61. The summed E-state index contributed by atoms with van der Waals surface area (Å²) in [6.07, 6.45) is -4.39. The van der Waals surface area contributed by atoms with Crippen LogP contribution in [0.2, 0.25) is 0 Å². The Morgan fingerprint density at radius 2 is 1.89 bits per heavy atom. The van der Waals surface area contributed by atoms with Gasteiger partial charge in [-0.2, -0.15) is 13.2 Å². The zero-order chi connectivity index (χ0) is 13.9. The highest BCUT2D eigenvalue weighted by Crippen LogP contribution is 2.30. The monoisotopic (exact) mass is 283 g/mol. The normalized spacial score (nSPS) is 12.0. The van der Waals surface area contributed by atoms with Crippen molar-refractivity contribution in [2.45, 2.75) is 31.9 Å². The SMILES string of the molecule is CC(C)N(CC(F)(F)F)c1c(F)cccc1CCl. The van der Waals surface area contributed by atoms with Crippen molar-refractivity contribution in [2.75, 3.05) is 11.4 Å². The number of nitrogens with zero attached hydrogens (tertiary/aromatic N) is 1. The molecule has 0 saturated carbocycles. The van der Waals surface area contributed by atoms with Gasteiger partial charge in [-0.25, -0.2) is 4.39 Å². The van der Waals surface area contributed by atoms with Crippen molar-refractivity contribution >= 4 is 17.3 Å². The largest absolute Gasteiger partial charge is 0.405 e. The van der Waals surface area contributed by atoms with Gasteiger partial charge in [0.05, 0.1) is 5.69 Å². The van der Waals surface area contributed by atoms with Crippen LogP contribution in [-0.2, 0) is 5.88 Å². The van der Waals surface area contributed by atoms with E-state index in [-0.39, 0.29) is 11.6 Å². The Kier molecular flexibility index (Phi) is 4.85. The van der Waals surface area contributed by atoms with E-state index in [0.29, 0.717) is 5.56 Å². The van der Waals surface area contributed by atoms with Gasteiger partial charge in [-0.1, -0.05) is 12.1 Å². The first-order valence-corrected chi connectivity index (χ1v) is 5.96. The van der Waals surface area contributed by atoms with Gasteiger partial charge in [0.15, 0.2) is 0 Å². The van der Waals surface area contributed by atoms with Crippen molar-refractivity contribution in [3.8, 4) is 0 Å². The molecule has 18 heavy (non-hydrogen) atoms. The van der Waals surface area contributed by atoms with E-state index in [4.69, 9.17) is 11.6 Å². The third-order valence-electron chi connectivity index (χ3n) is 2.47. The van der Waals surface area contributed by atoms with E-state index in [1.807, 2.05) is 0 Å². The molecule has 6 heteroatoms. The Morgan fingerprint density at radius 1 is 1.28 bits per heavy atom. The third-order valence-corrected chi connectivity index (χ3v) is 2.76. The van der Waals surface area contributed by atoms with Crippen LogP contribution in [0.4, 0.5) is 23.2 Å². The molecule has 0 saturated heterocycles. The van der Waals surface area contributed by atoms with Gasteiger partial charge in [0.2, 0.25) is 0 Å². The van der Waals surface area contributed by atoms with Crippen LogP contribution in [0, 0.1) is 5.82 Å². The summed E-state index contributed by atoms with van der Waals surface area (Å²) < 4.78 is 51.3. The van der Waals surface area contributed by atoms with Crippen molar-refractivity contribution in [2.24, 2.45) is 0 Å². The lowest BCUT2D eigenvalue weighted by Gasteiger charge is -2.31. The van der Waals surface area contributed by atoms with Gasteiger partial charge in [0, 0.05) is 11.9 Å². The zero-order valence-electron chi connectivity index (χ0n) is 10.1. The molecule has 0 fully saturated rings. The zero-order valence-corrected chi connectivity index (χ0v) is 10.8. The molecule has 0 heterocycles. The number of hydrogen-bond donors (Lipinski definition) is 0. The fourth-order valence-electron chi connectivity index (χ4n) is 1.70. The predicted molar refractivity (Wildman–Crippen MR) is 64.5 cm³/mol. The molecule has 0 amide bonds. The van der Waals surface area contributed by atoms with Crippen LogP contribution in [0.5, 0.6) is 0 Å². The summed E-state index contributed by atoms with van der Waals surface area (Å²) in [5, 5.41) is 0. The number of benzene rings is 1. The first-order chi connectivity index (χ1) is 8.26. The lowest BCUT2D eigenvalue weighted by molar-refractivity contribution is -0.120. The molecule has 1 nitrogen and oxygen atoms in total. The van der Waals surface area contributed by atoms with Gasteiger partial charge < -0.3 is 4.90 Å². The average Bonchev–Trinajstić information content (AvgIpc) is 2.24. The highest BCUT2D eigenvalue weighted by atomic mass is 35.5. The van der Waals surface area contributed by atoms with Gasteiger partial charge in [-0.3, -0.25) is 0 Å². The Morgan fingerprint density at radius 3 is 2.33 bits per heavy atom. The quantitative estimate of drug-likeness (QED) is 0.587. The van der Waals surface area contributed by atoms with Gasteiger partial charge >= 0.3 is 6.18 Å². The predicted octanol–water partition coefficient (Wildman–Crippen LogP) is 4.34. The summed E-state index contributed by atoms with van der Waals surface area (Å²) in [4.78, 5) is 0.979. The van der Waals surface area contributed by atoms with Gasteiger partial charge in [-0.15, -0.1) is 11.6 Å². The first kappa shape index (κ1) is 15.1. The minimum atomic E-state index is -4.39. The molecule has 0 radical (unpaired) electrons. The van der Waals surface area contributed by atoms with Crippen LogP contribution in [0.1, 0.15) is 19.4 Å². The van der Waals surface area contributed by atoms with Crippen LogP contribution < -0.4 is 4.90 Å². The molecular formula is C12H14ClF4N. The molecule has 1 aromatic rings. The molecule has 102 valence electrons. The lowest BCUT2D eigenvalue weighted by atomic mass is 10.1. The molecule has 0 atom stereocenters. The number of anilines is 1. The highest BCUT2D eigenvalue weighted by Gasteiger charge is 2.33. The maximum Gasteiger partial charge on any atom is 0.405 e. The number of hydrogen-bond acceptors (Lipinski definition) is 1. The third kappa shape index (κ3) is 3.77. The molecule has 0 unspecified atom stereocenters. The van der Waals surface area contributed by atoms with Crippen molar-refractivity contribution in [1.82, 2.24) is 0 Å². The second-order valence-corrected chi connectivity index (χ2v) is 4.49. The van der Waals surface area contributed by atoms with Crippen LogP contribution in [-0.4, -0.2) is 18.8 Å². The molecule has 0 aromatic heterocycles. The van der Waals surface area contributed by atoms with E-state index >= 15 is 0 Å². The number of alkyl halides is 4. The minimum Gasteiger partial charge on any atom is -0.357 e. The average molecular weight is 284 g/mol. The topological polar surface area (TPSA) is 3.24 Å². The van der Waals surface area contributed by atoms with E-state index in [1.165, 1.54) is 12.1 Å². The Balaban J connectivity index is 3.21. The maximum atomic E-state index is 13.8. The summed E-state index contributed by atoms with van der Waals surface area (Å²) in [7, 11) is 0. The summed E-state index contributed by atoms with van der Waals surface area (Å²) in [5.41, 5.74) is 0.287. The smallest absolute Gasteiger partial charge is 0.357 e. The van der Waals surface area contributed by atoms with Gasteiger partial charge in [-0.05, 0) is 25.5 Å². The number of halogens is 5.